The zero-order valence-corrected chi connectivity index (χ0v) is 20.5. The van der Waals surface area contributed by atoms with Gasteiger partial charge in [-0.1, -0.05) is 52.7 Å². The first-order valence-corrected chi connectivity index (χ1v) is 11.5. The molecular formula is C25H18Cl3N5O. The van der Waals surface area contributed by atoms with E-state index in [0.29, 0.717) is 32.5 Å². The number of halogens is 3. The van der Waals surface area contributed by atoms with Gasteiger partial charge in [0.1, 0.15) is 10.5 Å². The van der Waals surface area contributed by atoms with Gasteiger partial charge in [-0.3, -0.25) is 9.36 Å². The molecule has 0 amide bonds. The maximum Gasteiger partial charge on any atom is 0.252 e. The van der Waals surface area contributed by atoms with Crippen LogP contribution in [0.4, 0.5) is 0 Å². The van der Waals surface area contributed by atoms with Crippen LogP contribution >= 0.6 is 34.8 Å². The van der Waals surface area contributed by atoms with E-state index in [1.54, 1.807) is 55.4 Å². The summed E-state index contributed by atoms with van der Waals surface area (Å²) in [5, 5.41) is 10.1. The summed E-state index contributed by atoms with van der Waals surface area (Å²) in [7, 11) is 3.47. The van der Waals surface area contributed by atoms with Crippen LogP contribution in [0.25, 0.3) is 22.2 Å². The molecule has 3 heterocycles. The topological polar surface area (TPSA) is 65.6 Å². The Kier molecular flexibility index (Phi) is 5.68. The Hall–Kier alpha value is -3.19. The molecule has 1 unspecified atom stereocenters. The molecule has 0 spiro atoms. The van der Waals surface area contributed by atoms with Crippen LogP contribution in [-0.2, 0) is 19.0 Å². The first-order valence-electron chi connectivity index (χ1n) is 10.4. The molecule has 0 radical (unpaired) electrons. The normalized spacial score (nSPS) is 13.2. The van der Waals surface area contributed by atoms with Crippen molar-refractivity contribution < 1.29 is 0 Å². The Bertz CT molecular complexity index is 1590. The Morgan fingerprint density at radius 1 is 0.882 bits per heavy atom. The van der Waals surface area contributed by atoms with Gasteiger partial charge in [0.2, 0.25) is 0 Å². The smallest absolute Gasteiger partial charge is 0.252 e. The van der Waals surface area contributed by atoms with Gasteiger partial charge in [0, 0.05) is 47.4 Å². The Balaban J connectivity index is 1.84. The minimum Gasteiger partial charge on any atom is -0.296 e. The van der Waals surface area contributed by atoms with E-state index in [2.05, 4.69) is 15.3 Å². The SMILES string of the molecule is Cn1nncc1C(Cl)(c1ccc(Cl)cc1)c1cnc2c(c1)c(-c1cccc(Cl)c1)cc(=O)n2C. The highest BCUT2D eigenvalue weighted by Gasteiger charge is 2.38. The summed E-state index contributed by atoms with van der Waals surface area (Å²) in [6.07, 6.45) is 3.31. The largest absolute Gasteiger partial charge is 0.296 e. The van der Waals surface area contributed by atoms with E-state index in [-0.39, 0.29) is 5.56 Å². The second kappa shape index (κ2) is 8.55. The van der Waals surface area contributed by atoms with Crippen LogP contribution < -0.4 is 5.56 Å². The van der Waals surface area contributed by atoms with Gasteiger partial charge in [-0.2, -0.15) is 0 Å². The minimum atomic E-state index is -1.16. The third-order valence-electron chi connectivity index (χ3n) is 5.92. The van der Waals surface area contributed by atoms with E-state index in [1.165, 1.54) is 4.57 Å². The van der Waals surface area contributed by atoms with Crippen LogP contribution in [0, 0.1) is 0 Å². The van der Waals surface area contributed by atoms with Crippen molar-refractivity contribution in [1.82, 2.24) is 24.5 Å². The first-order chi connectivity index (χ1) is 16.3. The highest BCUT2D eigenvalue weighted by molar-refractivity contribution is 6.31. The maximum absolute atomic E-state index is 12.7. The summed E-state index contributed by atoms with van der Waals surface area (Å²) in [5.41, 5.74) is 4.01. The van der Waals surface area contributed by atoms with Gasteiger partial charge in [0.15, 0.2) is 0 Å². The van der Waals surface area contributed by atoms with Crippen molar-refractivity contribution in [3.63, 3.8) is 0 Å². The van der Waals surface area contributed by atoms with Crippen LogP contribution in [-0.4, -0.2) is 24.5 Å². The molecule has 5 rings (SSSR count). The molecule has 0 N–H and O–H groups in total. The zero-order valence-electron chi connectivity index (χ0n) is 18.2. The molecule has 0 saturated carbocycles. The molecule has 9 heteroatoms. The number of aromatic nitrogens is 5. The standard InChI is InChI=1S/C25H18Cl3N5O/c1-32-23(34)12-20(15-4-3-5-19(27)10-15)21-11-17(13-29-24(21)32)25(28,22-14-30-31-33(22)2)16-6-8-18(26)9-7-16/h3-14H,1-2H3. The Morgan fingerprint density at radius 2 is 1.65 bits per heavy atom. The quantitative estimate of drug-likeness (QED) is 0.297. The average Bonchev–Trinajstić information content (AvgIpc) is 3.27. The van der Waals surface area contributed by atoms with Crippen molar-refractivity contribution in [2.45, 2.75) is 4.87 Å². The van der Waals surface area contributed by atoms with Crippen molar-refractivity contribution in [3.05, 3.63) is 110 Å². The lowest BCUT2D eigenvalue weighted by molar-refractivity contribution is 0.649. The van der Waals surface area contributed by atoms with E-state index in [0.717, 1.165) is 16.5 Å². The van der Waals surface area contributed by atoms with E-state index in [4.69, 9.17) is 34.8 Å². The molecule has 0 aliphatic rings. The summed E-state index contributed by atoms with van der Waals surface area (Å²) in [6, 6.07) is 18.2. The fourth-order valence-electron chi connectivity index (χ4n) is 4.15. The number of pyridine rings is 2. The van der Waals surface area contributed by atoms with Gasteiger partial charge < -0.3 is 0 Å². The molecule has 0 saturated heterocycles. The van der Waals surface area contributed by atoms with Gasteiger partial charge in [-0.05, 0) is 47.0 Å². The maximum atomic E-state index is 12.7. The van der Waals surface area contributed by atoms with E-state index in [9.17, 15) is 4.79 Å². The van der Waals surface area contributed by atoms with Gasteiger partial charge in [0.05, 0.1) is 11.9 Å². The molecule has 0 aliphatic heterocycles. The van der Waals surface area contributed by atoms with Crippen molar-refractivity contribution in [2.75, 3.05) is 0 Å². The van der Waals surface area contributed by atoms with Crippen LogP contribution in [0.15, 0.2) is 77.9 Å². The van der Waals surface area contributed by atoms with Crippen LogP contribution in [0.2, 0.25) is 10.0 Å². The second-order valence-corrected chi connectivity index (χ2v) is 9.41. The summed E-state index contributed by atoms with van der Waals surface area (Å²) < 4.78 is 3.14. The lowest BCUT2D eigenvalue weighted by atomic mass is 9.87. The summed E-state index contributed by atoms with van der Waals surface area (Å²) in [4.78, 5) is 16.2. The fourth-order valence-corrected chi connectivity index (χ4v) is 4.87. The van der Waals surface area contributed by atoms with Crippen molar-refractivity contribution in [1.29, 1.82) is 0 Å². The number of alkyl halides is 1. The number of aryl methyl sites for hydroxylation is 2. The number of fused-ring (bicyclic) bond motifs is 1. The number of hydrogen-bond donors (Lipinski definition) is 0. The van der Waals surface area contributed by atoms with Crippen molar-refractivity contribution in [2.24, 2.45) is 14.1 Å². The zero-order chi connectivity index (χ0) is 24.0. The minimum absolute atomic E-state index is 0.173. The Morgan fingerprint density at radius 3 is 2.32 bits per heavy atom. The summed E-state index contributed by atoms with van der Waals surface area (Å²) >= 11 is 19.8. The summed E-state index contributed by atoms with van der Waals surface area (Å²) in [6.45, 7) is 0. The number of rotatable bonds is 4. The van der Waals surface area contributed by atoms with Crippen molar-refractivity contribution >= 4 is 45.8 Å². The second-order valence-electron chi connectivity index (χ2n) is 7.97. The first kappa shape index (κ1) is 22.6. The lowest BCUT2D eigenvalue weighted by Gasteiger charge is -2.28. The molecular weight excluding hydrogens is 493 g/mol. The highest BCUT2D eigenvalue weighted by atomic mass is 35.5. The molecule has 3 aromatic heterocycles. The molecule has 2 aromatic carbocycles. The van der Waals surface area contributed by atoms with Gasteiger partial charge in [0.25, 0.3) is 5.56 Å². The molecule has 6 nitrogen and oxygen atoms in total. The molecule has 0 fully saturated rings. The summed E-state index contributed by atoms with van der Waals surface area (Å²) in [5.74, 6) is 0. The lowest BCUT2D eigenvalue weighted by Crippen LogP contribution is -2.26. The number of benzene rings is 2. The molecule has 1 atom stereocenters. The average molecular weight is 511 g/mol. The molecule has 0 aliphatic carbocycles. The van der Waals surface area contributed by atoms with Gasteiger partial charge in [-0.15, -0.1) is 16.7 Å². The molecule has 5 aromatic rings. The van der Waals surface area contributed by atoms with Crippen LogP contribution in [0.3, 0.4) is 0 Å². The predicted molar refractivity (Wildman–Crippen MR) is 136 cm³/mol. The van der Waals surface area contributed by atoms with Gasteiger partial charge in [-0.25, -0.2) is 9.67 Å². The van der Waals surface area contributed by atoms with Gasteiger partial charge >= 0.3 is 0 Å². The van der Waals surface area contributed by atoms with Crippen LogP contribution in [0.1, 0.15) is 16.8 Å². The highest BCUT2D eigenvalue weighted by Crippen LogP contribution is 2.44. The third-order valence-corrected chi connectivity index (χ3v) is 7.03. The van der Waals surface area contributed by atoms with E-state index >= 15 is 0 Å². The fraction of sp³-hybridized carbons (Fsp3) is 0.120. The molecule has 34 heavy (non-hydrogen) atoms. The number of hydrogen-bond acceptors (Lipinski definition) is 4. The predicted octanol–water partition coefficient (Wildman–Crippen LogP) is 5.57. The molecule has 170 valence electrons. The monoisotopic (exact) mass is 509 g/mol. The Labute approximate surface area is 210 Å². The number of nitrogens with zero attached hydrogens (tertiary/aromatic N) is 5. The van der Waals surface area contributed by atoms with E-state index < -0.39 is 4.87 Å². The van der Waals surface area contributed by atoms with Crippen molar-refractivity contribution in [3.8, 4) is 11.1 Å². The van der Waals surface area contributed by atoms with E-state index in [1.807, 2.05) is 36.4 Å². The third kappa shape index (κ3) is 3.68. The molecule has 0 bridgehead atoms. The van der Waals surface area contributed by atoms with Crippen LogP contribution in [0.5, 0.6) is 0 Å².